The Morgan fingerprint density at radius 3 is 1.70 bits per heavy atom. The molecule has 4 heteroatoms. The van der Waals surface area contributed by atoms with Gasteiger partial charge in [0.15, 0.2) is 0 Å². The van der Waals surface area contributed by atoms with Gasteiger partial charge in [-0.15, -0.1) is 12.6 Å². The predicted octanol–water partition coefficient (Wildman–Crippen LogP) is 6.23. The summed E-state index contributed by atoms with van der Waals surface area (Å²) in [7, 11) is -0.404. The molecule has 0 aromatic heterocycles. The summed E-state index contributed by atoms with van der Waals surface area (Å²) < 4.78 is 12.5. The van der Waals surface area contributed by atoms with Crippen LogP contribution >= 0.6 is 12.6 Å². The number of hydrogen-bond acceptors (Lipinski definition) is 3. The fraction of sp³-hybridized carbons (Fsp3) is 0.308. The van der Waals surface area contributed by atoms with Crippen LogP contribution < -0.4 is 5.46 Å². The van der Waals surface area contributed by atoms with Crippen molar-refractivity contribution >= 4 is 25.2 Å². The first-order chi connectivity index (χ1) is 14.1. The Labute approximate surface area is 186 Å². The highest BCUT2D eigenvalue weighted by Crippen LogP contribution is 2.37. The molecule has 154 valence electrons. The molecule has 1 fully saturated rings. The maximum Gasteiger partial charge on any atom is 0.495 e. The molecule has 0 N–H and O–H groups in total. The van der Waals surface area contributed by atoms with E-state index in [-0.39, 0.29) is 11.2 Å². The summed E-state index contributed by atoms with van der Waals surface area (Å²) in [6.07, 6.45) is 0. The van der Waals surface area contributed by atoms with E-state index < -0.39 is 7.12 Å². The van der Waals surface area contributed by atoms with Crippen LogP contribution in [0.2, 0.25) is 0 Å². The molecule has 3 aromatic carbocycles. The number of hydrogen-bond donors (Lipinski definition) is 1. The first-order valence-corrected chi connectivity index (χ1v) is 10.9. The number of thiol groups is 1. The van der Waals surface area contributed by atoms with E-state index in [0.29, 0.717) is 0 Å². The van der Waals surface area contributed by atoms with Crippen molar-refractivity contribution < 1.29 is 9.31 Å². The van der Waals surface area contributed by atoms with Gasteiger partial charge in [-0.2, -0.15) is 0 Å². The Morgan fingerprint density at radius 2 is 1.17 bits per heavy atom. The van der Waals surface area contributed by atoms with Gasteiger partial charge in [0.05, 0.1) is 11.2 Å². The van der Waals surface area contributed by atoms with Gasteiger partial charge in [0.1, 0.15) is 0 Å². The highest BCUT2D eigenvalue weighted by molar-refractivity contribution is 7.80. The second kappa shape index (κ2) is 7.60. The zero-order valence-electron chi connectivity index (χ0n) is 18.6. The Hall–Kier alpha value is -2.01. The molecule has 3 aromatic rings. The molecule has 30 heavy (non-hydrogen) atoms. The molecule has 0 bridgehead atoms. The van der Waals surface area contributed by atoms with E-state index in [1.807, 2.05) is 0 Å². The van der Waals surface area contributed by atoms with E-state index >= 15 is 0 Å². The molecule has 1 saturated heterocycles. The van der Waals surface area contributed by atoms with Crippen LogP contribution in [0.4, 0.5) is 0 Å². The molecular formula is C26H29BO2S. The molecule has 0 atom stereocenters. The second-order valence-electron chi connectivity index (χ2n) is 9.26. The molecule has 2 nitrogen and oxygen atoms in total. The maximum atomic E-state index is 6.23. The lowest BCUT2D eigenvalue weighted by Crippen LogP contribution is -2.41. The Morgan fingerprint density at radius 1 is 0.700 bits per heavy atom. The molecule has 0 aliphatic carbocycles. The molecule has 0 amide bonds. The first kappa shape index (κ1) is 21.2. The summed E-state index contributed by atoms with van der Waals surface area (Å²) in [6.45, 7) is 12.5. The molecule has 0 unspecified atom stereocenters. The third-order valence-electron chi connectivity index (χ3n) is 6.46. The van der Waals surface area contributed by atoms with Crippen molar-refractivity contribution in [3.63, 3.8) is 0 Å². The molecule has 1 aliphatic rings. The largest absolute Gasteiger partial charge is 0.495 e. The summed E-state index contributed by atoms with van der Waals surface area (Å²) in [6, 6.07) is 21.6. The average Bonchev–Trinajstić information content (AvgIpc) is 2.91. The van der Waals surface area contributed by atoms with Gasteiger partial charge in [-0.1, -0.05) is 60.2 Å². The van der Waals surface area contributed by atoms with Crippen LogP contribution in [0, 0.1) is 13.8 Å². The molecule has 1 aliphatic heterocycles. The molecular weight excluding hydrogens is 387 g/mol. The summed E-state index contributed by atoms with van der Waals surface area (Å²) in [5, 5.41) is 0. The SMILES string of the molecule is Cc1ccc(-c2ccc(-c3cc(S)c(B4OC(C)(C)C(C)(C)O4)cc3C)cc2)cc1. The minimum absolute atomic E-state index is 0.365. The normalized spacial score (nSPS) is 17.4. The Kier molecular flexibility index (Phi) is 5.38. The minimum atomic E-state index is -0.404. The van der Waals surface area contributed by atoms with Gasteiger partial charge in [-0.25, -0.2) is 0 Å². The van der Waals surface area contributed by atoms with E-state index in [2.05, 4.69) is 102 Å². The van der Waals surface area contributed by atoms with E-state index in [1.54, 1.807) is 0 Å². The smallest absolute Gasteiger partial charge is 0.399 e. The molecule has 1 heterocycles. The van der Waals surface area contributed by atoms with E-state index in [9.17, 15) is 0 Å². The molecule has 0 spiro atoms. The van der Waals surface area contributed by atoms with E-state index in [4.69, 9.17) is 21.9 Å². The van der Waals surface area contributed by atoms with Gasteiger partial charge in [-0.3, -0.25) is 0 Å². The number of aryl methyl sites for hydroxylation is 2. The topological polar surface area (TPSA) is 18.5 Å². The van der Waals surface area contributed by atoms with Crippen LogP contribution in [0.15, 0.2) is 65.6 Å². The van der Waals surface area contributed by atoms with Crippen molar-refractivity contribution in [3.8, 4) is 22.3 Å². The Bertz CT molecular complexity index is 1050. The second-order valence-corrected chi connectivity index (χ2v) is 9.74. The van der Waals surface area contributed by atoms with Crippen LogP contribution in [0.3, 0.4) is 0 Å². The highest BCUT2D eigenvalue weighted by Gasteiger charge is 2.52. The summed E-state index contributed by atoms with van der Waals surface area (Å²) >= 11 is 4.78. The molecule has 0 radical (unpaired) electrons. The average molecular weight is 416 g/mol. The van der Waals surface area contributed by atoms with Crippen LogP contribution in [0.5, 0.6) is 0 Å². The third-order valence-corrected chi connectivity index (χ3v) is 6.85. The van der Waals surface area contributed by atoms with Crippen LogP contribution in [-0.2, 0) is 9.31 Å². The minimum Gasteiger partial charge on any atom is -0.399 e. The van der Waals surface area contributed by atoms with Crippen molar-refractivity contribution in [3.05, 3.63) is 71.8 Å². The lowest BCUT2D eigenvalue weighted by atomic mass is 9.77. The zero-order valence-corrected chi connectivity index (χ0v) is 19.5. The van der Waals surface area contributed by atoms with Gasteiger partial charge in [0, 0.05) is 4.90 Å². The monoisotopic (exact) mass is 416 g/mol. The fourth-order valence-corrected chi connectivity index (χ4v) is 4.08. The predicted molar refractivity (Wildman–Crippen MR) is 130 cm³/mol. The van der Waals surface area contributed by atoms with Crippen LogP contribution in [0.1, 0.15) is 38.8 Å². The van der Waals surface area contributed by atoms with Gasteiger partial charge in [0.2, 0.25) is 0 Å². The van der Waals surface area contributed by atoms with Gasteiger partial charge in [0.25, 0.3) is 0 Å². The summed E-state index contributed by atoms with van der Waals surface area (Å²) in [5.41, 5.74) is 7.51. The molecule has 0 saturated carbocycles. The zero-order chi connectivity index (χ0) is 21.7. The summed E-state index contributed by atoms with van der Waals surface area (Å²) in [4.78, 5) is 0.886. The standard InChI is InChI=1S/C26H29BO2S/c1-17-7-9-19(10-8-17)20-11-13-21(14-12-20)22-16-24(30)23(15-18(22)2)27-28-25(3,4)26(5,6)29-27/h7-16,30H,1-6H3. The number of rotatable bonds is 3. The van der Waals surface area contributed by atoms with Crippen LogP contribution in [0.25, 0.3) is 22.3 Å². The van der Waals surface area contributed by atoms with Crippen molar-refractivity contribution in [1.82, 2.24) is 0 Å². The number of benzene rings is 3. The van der Waals surface area contributed by atoms with Gasteiger partial charge >= 0.3 is 7.12 Å². The third kappa shape index (κ3) is 3.84. The van der Waals surface area contributed by atoms with Crippen molar-refractivity contribution in [2.45, 2.75) is 57.6 Å². The lowest BCUT2D eigenvalue weighted by molar-refractivity contribution is 0.00578. The van der Waals surface area contributed by atoms with Crippen molar-refractivity contribution in [1.29, 1.82) is 0 Å². The molecule has 4 rings (SSSR count). The lowest BCUT2D eigenvalue weighted by Gasteiger charge is -2.32. The fourth-order valence-electron chi connectivity index (χ4n) is 3.78. The van der Waals surface area contributed by atoms with E-state index in [0.717, 1.165) is 10.4 Å². The van der Waals surface area contributed by atoms with Crippen molar-refractivity contribution in [2.24, 2.45) is 0 Å². The van der Waals surface area contributed by atoms with Crippen molar-refractivity contribution in [2.75, 3.05) is 0 Å². The quantitative estimate of drug-likeness (QED) is 0.403. The van der Waals surface area contributed by atoms with Gasteiger partial charge in [-0.05, 0) is 80.9 Å². The summed E-state index contributed by atoms with van der Waals surface area (Å²) in [5.74, 6) is 0. The van der Waals surface area contributed by atoms with Crippen LogP contribution in [-0.4, -0.2) is 18.3 Å². The first-order valence-electron chi connectivity index (χ1n) is 10.4. The van der Waals surface area contributed by atoms with Gasteiger partial charge < -0.3 is 9.31 Å². The highest BCUT2D eigenvalue weighted by atomic mass is 32.1. The maximum absolute atomic E-state index is 6.23. The Balaban J connectivity index is 1.63. The van der Waals surface area contributed by atoms with E-state index in [1.165, 1.54) is 33.4 Å².